The van der Waals surface area contributed by atoms with Gasteiger partial charge in [-0.05, 0) is 35.7 Å². The molecule has 3 rings (SSSR count). The van der Waals surface area contributed by atoms with Crippen molar-refractivity contribution in [2.75, 3.05) is 6.54 Å². The first-order chi connectivity index (χ1) is 11.0. The number of halogens is 2. The number of aliphatic hydroxyl groups excluding tert-OH is 1. The minimum atomic E-state index is -0.879. The van der Waals surface area contributed by atoms with Crippen LogP contribution >= 0.6 is 0 Å². The molecule has 120 valence electrons. The van der Waals surface area contributed by atoms with Crippen LogP contribution < -0.4 is 0 Å². The van der Waals surface area contributed by atoms with Gasteiger partial charge in [-0.15, -0.1) is 0 Å². The van der Waals surface area contributed by atoms with Crippen molar-refractivity contribution in [3.8, 4) is 6.07 Å². The van der Waals surface area contributed by atoms with E-state index in [4.69, 9.17) is 5.26 Å². The predicted octanol–water partition coefficient (Wildman–Crippen LogP) is 2.48. The van der Waals surface area contributed by atoms with Gasteiger partial charge < -0.3 is 9.67 Å². The number of aromatic nitrogens is 1. The van der Waals surface area contributed by atoms with Crippen LogP contribution in [0.15, 0.2) is 30.5 Å². The molecule has 0 aliphatic carbocycles. The molecular weight excluding hydrogens is 300 g/mol. The number of benzene rings is 1. The lowest BCUT2D eigenvalue weighted by molar-refractivity contribution is 0.172. The van der Waals surface area contributed by atoms with Crippen LogP contribution in [0.4, 0.5) is 8.78 Å². The van der Waals surface area contributed by atoms with E-state index in [0.29, 0.717) is 30.8 Å². The Labute approximate surface area is 133 Å². The van der Waals surface area contributed by atoms with Gasteiger partial charge in [-0.1, -0.05) is 6.07 Å². The smallest absolute Gasteiger partial charge is 0.159 e. The molecule has 2 heterocycles. The molecule has 1 aliphatic heterocycles. The third-order valence-corrected chi connectivity index (χ3v) is 4.27. The average molecular weight is 317 g/mol. The van der Waals surface area contributed by atoms with Crippen LogP contribution in [-0.2, 0) is 13.6 Å². The third-order valence-electron chi connectivity index (χ3n) is 4.27. The van der Waals surface area contributed by atoms with Crippen molar-refractivity contribution in [3.63, 3.8) is 0 Å². The lowest BCUT2D eigenvalue weighted by Crippen LogP contribution is -2.24. The second kappa shape index (κ2) is 6.11. The Morgan fingerprint density at radius 3 is 2.74 bits per heavy atom. The Morgan fingerprint density at radius 2 is 2.09 bits per heavy atom. The molecule has 0 bridgehead atoms. The van der Waals surface area contributed by atoms with Gasteiger partial charge in [-0.2, -0.15) is 5.26 Å². The summed E-state index contributed by atoms with van der Waals surface area (Å²) in [7, 11) is 1.80. The van der Waals surface area contributed by atoms with Crippen LogP contribution in [-0.4, -0.2) is 27.2 Å². The number of nitriles is 1. The average Bonchev–Trinajstić information content (AvgIpc) is 3.04. The summed E-state index contributed by atoms with van der Waals surface area (Å²) < 4.78 is 28.4. The molecule has 2 atom stereocenters. The summed E-state index contributed by atoms with van der Waals surface area (Å²) in [5.41, 5.74) is 2.16. The van der Waals surface area contributed by atoms with E-state index in [2.05, 4.69) is 6.07 Å². The van der Waals surface area contributed by atoms with Gasteiger partial charge in [0.25, 0.3) is 0 Å². The lowest BCUT2D eigenvalue weighted by Gasteiger charge is -2.24. The van der Waals surface area contributed by atoms with Gasteiger partial charge in [0.2, 0.25) is 0 Å². The Kier molecular flexibility index (Phi) is 4.16. The maximum Gasteiger partial charge on any atom is 0.159 e. The molecule has 1 saturated heterocycles. The number of rotatable bonds is 3. The molecular formula is C17H17F2N3O. The Bertz CT molecular complexity index is 766. The van der Waals surface area contributed by atoms with Gasteiger partial charge in [0, 0.05) is 32.4 Å². The van der Waals surface area contributed by atoms with E-state index in [1.54, 1.807) is 23.7 Å². The molecule has 6 heteroatoms. The number of likely N-dealkylation sites (tertiary alicyclic amines) is 1. The molecule has 2 aromatic rings. The summed E-state index contributed by atoms with van der Waals surface area (Å²) in [4.78, 5) is 2.02. The normalized spacial score (nSPS) is 21.5. The number of nitrogens with zero attached hydrogens (tertiary/aromatic N) is 3. The first kappa shape index (κ1) is 15.7. The minimum absolute atomic E-state index is 0.175. The summed E-state index contributed by atoms with van der Waals surface area (Å²) >= 11 is 0. The molecule has 1 aliphatic rings. The number of β-amino-alcohol motifs (C(OH)–C–C–N with tert-alkyl or cyclic N) is 1. The van der Waals surface area contributed by atoms with E-state index in [1.165, 1.54) is 6.07 Å². The maximum atomic E-state index is 13.5. The van der Waals surface area contributed by atoms with Gasteiger partial charge in [0.1, 0.15) is 11.8 Å². The molecule has 1 aromatic carbocycles. The van der Waals surface area contributed by atoms with E-state index in [1.807, 2.05) is 11.1 Å². The van der Waals surface area contributed by atoms with E-state index in [0.717, 1.165) is 11.6 Å². The fraction of sp³-hybridized carbons (Fsp3) is 0.353. The summed E-state index contributed by atoms with van der Waals surface area (Å²) in [5.74, 6) is -1.75. The van der Waals surface area contributed by atoms with Crippen molar-refractivity contribution in [2.24, 2.45) is 7.05 Å². The predicted molar refractivity (Wildman–Crippen MR) is 80.3 cm³/mol. The monoisotopic (exact) mass is 317 g/mol. The fourth-order valence-corrected chi connectivity index (χ4v) is 3.19. The van der Waals surface area contributed by atoms with Crippen molar-refractivity contribution in [2.45, 2.75) is 25.1 Å². The maximum absolute atomic E-state index is 13.5. The van der Waals surface area contributed by atoms with Crippen LogP contribution in [0, 0.1) is 23.0 Å². The molecule has 4 nitrogen and oxygen atoms in total. The van der Waals surface area contributed by atoms with Crippen LogP contribution in [0.25, 0.3) is 0 Å². The van der Waals surface area contributed by atoms with Crippen molar-refractivity contribution in [1.82, 2.24) is 9.47 Å². The van der Waals surface area contributed by atoms with Crippen molar-refractivity contribution < 1.29 is 13.9 Å². The zero-order valence-electron chi connectivity index (χ0n) is 12.7. The molecule has 2 unspecified atom stereocenters. The zero-order valence-corrected chi connectivity index (χ0v) is 12.7. The number of hydrogen-bond donors (Lipinski definition) is 1. The van der Waals surface area contributed by atoms with Gasteiger partial charge in [0.15, 0.2) is 11.6 Å². The van der Waals surface area contributed by atoms with E-state index < -0.39 is 17.7 Å². The number of hydrogen-bond acceptors (Lipinski definition) is 3. The SMILES string of the molecule is Cn1cc(CN2CC(O)CC2c2ccc(F)c(F)c2)cc1C#N. The molecule has 0 spiro atoms. The van der Waals surface area contributed by atoms with E-state index >= 15 is 0 Å². The molecule has 1 N–H and O–H groups in total. The first-order valence-corrected chi connectivity index (χ1v) is 7.40. The second-order valence-corrected chi connectivity index (χ2v) is 5.96. The number of aryl methyl sites for hydroxylation is 1. The van der Waals surface area contributed by atoms with Gasteiger partial charge >= 0.3 is 0 Å². The minimum Gasteiger partial charge on any atom is -0.392 e. The standard InChI is InChI=1S/C17H17F2N3O/c1-21-8-11(4-13(21)7-20)9-22-10-14(23)6-17(22)12-2-3-15(18)16(19)5-12/h2-5,8,14,17,23H,6,9-10H2,1H3. The van der Waals surface area contributed by atoms with Crippen molar-refractivity contribution in [3.05, 3.63) is 58.9 Å². The van der Waals surface area contributed by atoms with E-state index in [-0.39, 0.29) is 6.04 Å². The highest BCUT2D eigenvalue weighted by molar-refractivity contribution is 5.29. The van der Waals surface area contributed by atoms with E-state index in [9.17, 15) is 13.9 Å². The lowest BCUT2D eigenvalue weighted by atomic mass is 10.0. The van der Waals surface area contributed by atoms with Gasteiger partial charge in [0.05, 0.1) is 6.10 Å². The van der Waals surface area contributed by atoms with Gasteiger partial charge in [-0.25, -0.2) is 8.78 Å². The summed E-state index contributed by atoms with van der Waals surface area (Å²) in [6.07, 6.45) is 1.83. The molecule has 0 radical (unpaired) electrons. The van der Waals surface area contributed by atoms with Crippen molar-refractivity contribution >= 4 is 0 Å². The first-order valence-electron chi connectivity index (χ1n) is 7.40. The third kappa shape index (κ3) is 3.11. The Hall–Kier alpha value is -2.23. The van der Waals surface area contributed by atoms with Crippen LogP contribution in [0.3, 0.4) is 0 Å². The molecule has 23 heavy (non-hydrogen) atoms. The molecule has 1 aromatic heterocycles. The molecule has 0 amide bonds. The number of aliphatic hydroxyl groups is 1. The van der Waals surface area contributed by atoms with Crippen molar-refractivity contribution in [1.29, 1.82) is 5.26 Å². The van der Waals surface area contributed by atoms with Crippen LogP contribution in [0.5, 0.6) is 0 Å². The Morgan fingerprint density at radius 1 is 1.30 bits per heavy atom. The molecule has 0 saturated carbocycles. The highest BCUT2D eigenvalue weighted by Crippen LogP contribution is 2.34. The summed E-state index contributed by atoms with van der Waals surface area (Å²) in [6, 6.07) is 7.59. The Balaban J connectivity index is 1.84. The quantitative estimate of drug-likeness (QED) is 0.946. The summed E-state index contributed by atoms with van der Waals surface area (Å²) in [5, 5.41) is 19.0. The van der Waals surface area contributed by atoms with Gasteiger partial charge in [-0.3, -0.25) is 4.90 Å². The van der Waals surface area contributed by atoms with Crippen LogP contribution in [0.1, 0.15) is 29.3 Å². The highest BCUT2D eigenvalue weighted by atomic mass is 19.2. The second-order valence-electron chi connectivity index (χ2n) is 5.96. The zero-order chi connectivity index (χ0) is 16.6. The van der Waals surface area contributed by atoms with Crippen LogP contribution in [0.2, 0.25) is 0 Å². The molecule has 1 fully saturated rings. The summed E-state index contributed by atoms with van der Waals surface area (Å²) in [6.45, 7) is 0.997. The topological polar surface area (TPSA) is 52.2 Å². The largest absolute Gasteiger partial charge is 0.392 e. The fourth-order valence-electron chi connectivity index (χ4n) is 3.19. The highest BCUT2D eigenvalue weighted by Gasteiger charge is 2.32.